The van der Waals surface area contributed by atoms with E-state index in [2.05, 4.69) is 6.07 Å². The van der Waals surface area contributed by atoms with Crippen LogP contribution in [0, 0.1) is 23.1 Å². The van der Waals surface area contributed by atoms with Crippen LogP contribution in [0.5, 0.6) is 17.2 Å². The maximum absolute atomic E-state index is 14.5. The van der Waals surface area contributed by atoms with E-state index in [4.69, 9.17) is 26.8 Å². The zero-order valence-corrected chi connectivity index (χ0v) is 19.1. The lowest BCUT2D eigenvalue weighted by Gasteiger charge is -2.31. The molecule has 4 unspecified atom stereocenters. The number of hydrogen-bond donors (Lipinski definition) is 1. The number of nitrogens with zero attached hydrogens (tertiary/aromatic N) is 1. The summed E-state index contributed by atoms with van der Waals surface area (Å²) >= 11 is 6.69. The highest BCUT2D eigenvalue weighted by molar-refractivity contribution is 6.24. The van der Waals surface area contributed by atoms with Crippen LogP contribution in [0.1, 0.15) is 30.4 Å². The fourth-order valence-electron chi connectivity index (χ4n) is 4.61. The highest BCUT2D eigenvalue weighted by Gasteiger charge is 2.60. The molecule has 1 aliphatic rings. The number of para-hydroxylation sites is 1. The molecule has 4 atom stereocenters. The van der Waals surface area contributed by atoms with Gasteiger partial charge in [0.05, 0.1) is 18.6 Å². The molecule has 0 amide bonds. The summed E-state index contributed by atoms with van der Waals surface area (Å²) < 4.78 is 25.8. The molecule has 0 heterocycles. The topological polar surface area (TPSA) is 68.3 Å². The molecule has 4 rings (SSSR count). The molecule has 170 valence electrons. The number of halogens is 2. The van der Waals surface area contributed by atoms with Crippen LogP contribution in [0.4, 0.5) is 4.39 Å². The number of rotatable bonds is 9. The Balaban J connectivity index is 1.67. The van der Waals surface area contributed by atoms with Crippen molar-refractivity contribution < 1.29 is 13.9 Å². The summed E-state index contributed by atoms with van der Waals surface area (Å²) in [4.78, 5) is 0. The van der Waals surface area contributed by atoms with Gasteiger partial charge in [-0.15, -0.1) is 11.6 Å². The molecule has 0 spiro atoms. The van der Waals surface area contributed by atoms with Gasteiger partial charge >= 0.3 is 0 Å². The van der Waals surface area contributed by atoms with Crippen molar-refractivity contribution in [2.24, 2.45) is 11.7 Å². The van der Waals surface area contributed by atoms with Gasteiger partial charge in [0.2, 0.25) is 0 Å². The van der Waals surface area contributed by atoms with Gasteiger partial charge in [0, 0.05) is 16.7 Å². The number of nitriles is 1. The average Bonchev–Trinajstić information content (AvgIpc) is 3.51. The number of ether oxygens (including phenoxy) is 2. The first-order chi connectivity index (χ1) is 16.0. The highest BCUT2D eigenvalue weighted by Crippen LogP contribution is 2.60. The van der Waals surface area contributed by atoms with Crippen LogP contribution in [0.25, 0.3) is 0 Å². The van der Waals surface area contributed by atoms with Crippen molar-refractivity contribution >= 4 is 11.6 Å². The van der Waals surface area contributed by atoms with E-state index in [-0.39, 0.29) is 23.6 Å². The van der Waals surface area contributed by atoms with Gasteiger partial charge in [-0.2, -0.15) is 5.26 Å². The van der Waals surface area contributed by atoms with Crippen LogP contribution in [-0.2, 0) is 5.41 Å². The second-order valence-electron chi connectivity index (χ2n) is 8.22. The lowest BCUT2D eigenvalue weighted by Crippen LogP contribution is -2.34. The Morgan fingerprint density at radius 2 is 1.82 bits per heavy atom. The normalized spacial score (nSPS) is 21.0. The molecule has 2 N–H and O–H groups in total. The van der Waals surface area contributed by atoms with Crippen molar-refractivity contribution in [3.63, 3.8) is 0 Å². The van der Waals surface area contributed by atoms with Gasteiger partial charge in [-0.25, -0.2) is 4.39 Å². The van der Waals surface area contributed by atoms with Gasteiger partial charge in [0.15, 0.2) is 11.6 Å². The molecule has 1 saturated carbocycles. The van der Waals surface area contributed by atoms with Gasteiger partial charge < -0.3 is 15.2 Å². The highest BCUT2D eigenvalue weighted by atomic mass is 35.5. The standard InChI is InChI=1S/C27H26ClFN2O2/c1-2-32-20-11-9-19(10-12-20)27(15-26(27)28)23(17-31)22(16-30)18-8-13-24(29)25(14-18)33-21-6-4-3-5-7-21/h3-14,22-23,26H,2,15,17,31H2,1H3. The van der Waals surface area contributed by atoms with Gasteiger partial charge in [-0.05, 0) is 67.4 Å². The van der Waals surface area contributed by atoms with Crippen LogP contribution >= 0.6 is 11.6 Å². The van der Waals surface area contributed by atoms with E-state index in [0.717, 1.165) is 17.7 Å². The molecule has 0 radical (unpaired) electrons. The Hall–Kier alpha value is -3.07. The quantitative estimate of drug-likeness (QED) is 0.386. The maximum Gasteiger partial charge on any atom is 0.165 e. The summed E-state index contributed by atoms with van der Waals surface area (Å²) in [5.74, 6) is 0.0494. The van der Waals surface area contributed by atoms with Crippen LogP contribution in [-0.4, -0.2) is 18.5 Å². The van der Waals surface area contributed by atoms with Crippen molar-refractivity contribution in [1.29, 1.82) is 5.26 Å². The van der Waals surface area contributed by atoms with Crippen molar-refractivity contribution in [3.05, 3.63) is 89.7 Å². The first kappa shape index (κ1) is 23.1. The number of hydrogen-bond acceptors (Lipinski definition) is 4. The molecule has 0 bridgehead atoms. The van der Waals surface area contributed by atoms with E-state index >= 15 is 0 Å². The van der Waals surface area contributed by atoms with Gasteiger partial charge in [0.1, 0.15) is 11.5 Å². The van der Waals surface area contributed by atoms with Crippen molar-refractivity contribution in [2.45, 2.75) is 30.1 Å². The number of benzene rings is 3. The summed E-state index contributed by atoms with van der Waals surface area (Å²) in [6.07, 6.45) is 0.719. The minimum absolute atomic E-state index is 0.0723. The van der Waals surface area contributed by atoms with E-state index in [0.29, 0.717) is 17.9 Å². The Kier molecular flexibility index (Phi) is 6.88. The Morgan fingerprint density at radius 1 is 1.12 bits per heavy atom. The molecule has 1 aliphatic carbocycles. The molecular weight excluding hydrogens is 439 g/mol. The van der Waals surface area contributed by atoms with Gasteiger partial charge in [0.25, 0.3) is 0 Å². The lowest BCUT2D eigenvalue weighted by atomic mass is 9.73. The lowest BCUT2D eigenvalue weighted by molar-refractivity contribution is 0.339. The van der Waals surface area contributed by atoms with Crippen LogP contribution in [0.2, 0.25) is 0 Å². The molecular formula is C27H26ClFN2O2. The van der Waals surface area contributed by atoms with E-state index in [9.17, 15) is 9.65 Å². The third kappa shape index (κ3) is 4.55. The Labute approximate surface area is 198 Å². The number of alkyl halides is 1. The van der Waals surface area contributed by atoms with Crippen LogP contribution in [0.3, 0.4) is 0 Å². The van der Waals surface area contributed by atoms with Crippen LogP contribution in [0.15, 0.2) is 72.8 Å². The van der Waals surface area contributed by atoms with E-state index in [1.807, 2.05) is 49.4 Å². The molecule has 3 aromatic rings. The zero-order valence-electron chi connectivity index (χ0n) is 18.4. The molecule has 33 heavy (non-hydrogen) atoms. The maximum atomic E-state index is 14.5. The fourth-order valence-corrected chi connectivity index (χ4v) is 5.15. The van der Waals surface area contributed by atoms with Crippen molar-refractivity contribution in [2.75, 3.05) is 13.2 Å². The largest absolute Gasteiger partial charge is 0.494 e. The molecule has 4 nitrogen and oxygen atoms in total. The summed E-state index contributed by atoms with van der Waals surface area (Å²) in [6, 6.07) is 23.8. The second kappa shape index (κ2) is 9.82. The van der Waals surface area contributed by atoms with Crippen molar-refractivity contribution in [3.8, 4) is 23.3 Å². The molecule has 0 saturated heterocycles. The van der Waals surface area contributed by atoms with Crippen LogP contribution < -0.4 is 15.2 Å². The molecule has 0 aromatic heterocycles. The third-order valence-electron chi connectivity index (χ3n) is 6.36. The first-order valence-corrected chi connectivity index (χ1v) is 11.5. The van der Waals surface area contributed by atoms with E-state index < -0.39 is 17.2 Å². The Morgan fingerprint density at radius 3 is 2.39 bits per heavy atom. The SMILES string of the molecule is CCOc1ccc(C2(C(CN)C(C#N)c3ccc(F)c(Oc4ccccc4)c3)CC2Cl)cc1. The molecule has 0 aliphatic heterocycles. The smallest absolute Gasteiger partial charge is 0.165 e. The molecule has 3 aromatic carbocycles. The first-order valence-electron chi connectivity index (χ1n) is 11.0. The van der Waals surface area contributed by atoms with E-state index in [1.165, 1.54) is 6.07 Å². The summed E-state index contributed by atoms with van der Waals surface area (Å²) in [5, 5.41) is 10.0. The summed E-state index contributed by atoms with van der Waals surface area (Å²) in [5.41, 5.74) is 7.49. The monoisotopic (exact) mass is 464 g/mol. The molecule has 6 heteroatoms. The summed E-state index contributed by atoms with van der Waals surface area (Å²) in [6.45, 7) is 2.79. The zero-order chi connectivity index (χ0) is 23.4. The Bertz CT molecular complexity index is 1130. The predicted octanol–water partition coefficient (Wildman–Crippen LogP) is 6.15. The summed E-state index contributed by atoms with van der Waals surface area (Å²) in [7, 11) is 0. The van der Waals surface area contributed by atoms with Crippen molar-refractivity contribution in [1.82, 2.24) is 0 Å². The second-order valence-corrected chi connectivity index (χ2v) is 8.75. The van der Waals surface area contributed by atoms with Gasteiger partial charge in [-0.3, -0.25) is 0 Å². The average molecular weight is 465 g/mol. The minimum Gasteiger partial charge on any atom is -0.494 e. The molecule has 1 fully saturated rings. The number of nitrogens with two attached hydrogens (primary N) is 1. The fraction of sp³-hybridized carbons (Fsp3) is 0.296. The van der Waals surface area contributed by atoms with Gasteiger partial charge in [-0.1, -0.05) is 36.4 Å². The third-order valence-corrected chi connectivity index (χ3v) is 6.90. The minimum atomic E-state index is -0.580. The van der Waals surface area contributed by atoms with E-state index in [1.54, 1.807) is 24.3 Å². The predicted molar refractivity (Wildman–Crippen MR) is 127 cm³/mol.